The third-order valence-electron chi connectivity index (χ3n) is 0.787. The van der Waals surface area contributed by atoms with Crippen molar-refractivity contribution in [2.45, 2.75) is 13.8 Å². The summed E-state index contributed by atoms with van der Waals surface area (Å²) in [6.45, 7) is 4.50. The van der Waals surface area contributed by atoms with Crippen molar-refractivity contribution in [2.75, 3.05) is 0 Å². The van der Waals surface area contributed by atoms with Crippen LogP contribution >= 0.6 is 0 Å². The van der Waals surface area contributed by atoms with Crippen LogP contribution in [0.15, 0.2) is 0 Å². The molecule has 0 aliphatic carbocycles. The van der Waals surface area contributed by atoms with Crippen molar-refractivity contribution in [3.8, 4) is 0 Å². The molecule has 0 nitrogen and oxygen atoms in total. The van der Waals surface area contributed by atoms with Crippen molar-refractivity contribution in [1.29, 1.82) is 0 Å². The van der Waals surface area contributed by atoms with E-state index in [0.29, 0.717) is 0 Å². The predicted molar refractivity (Wildman–Crippen MR) is 29.8 cm³/mol. The van der Waals surface area contributed by atoms with Crippen LogP contribution in [0.2, 0.25) is 0 Å². The molecule has 0 radical (unpaired) electrons. The van der Waals surface area contributed by atoms with E-state index < -0.39 is 0 Å². The van der Waals surface area contributed by atoms with Gasteiger partial charge in [-0.1, -0.05) is 0 Å². The molecule has 1 heterocycles. The summed E-state index contributed by atoms with van der Waals surface area (Å²) in [4.78, 5) is 0. The summed E-state index contributed by atoms with van der Waals surface area (Å²) >= 11 is 1.94. The van der Waals surface area contributed by atoms with Crippen LogP contribution in [-0.2, 0) is 0 Å². The molecule has 6 heavy (non-hydrogen) atoms. The van der Waals surface area contributed by atoms with E-state index in [1.807, 2.05) is 0 Å². The summed E-state index contributed by atoms with van der Waals surface area (Å²) in [5.41, 5.74) is 0. The van der Waals surface area contributed by atoms with E-state index >= 15 is 0 Å². The van der Waals surface area contributed by atoms with Gasteiger partial charge in [0.1, 0.15) is 0 Å². The van der Waals surface area contributed by atoms with Gasteiger partial charge in [-0.2, -0.15) is 0 Å². The number of rotatable bonds is 0. The summed E-state index contributed by atoms with van der Waals surface area (Å²) in [5, 5.41) is 0. The van der Waals surface area contributed by atoms with Crippen LogP contribution in [0.3, 0.4) is 0 Å². The second-order valence-corrected chi connectivity index (χ2v) is 8.18. The Morgan fingerprint density at radius 1 is 1.00 bits per heavy atom. The van der Waals surface area contributed by atoms with Gasteiger partial charge in [0, 0.05) is 0 Å². The third kappa shape index (κ3) is 0.714. The van der Waals surface area contributed by atoms with Crippen LogP contribution in [-0.4, -0.2) is 25.3 Å². The van der Waals surface area contributed by atoms with Gasteiger partial charge in [0.2, 0.25) is 0 Å². The molecule has 0 aliphatic heterocycles. The quantitative estimate of drug-likeness (QED) is 0.546. The second-order valence-electron chi connectivity index (χ2n) is 1.28. The summed E-state index contributed by atoms with van der Waals surface area (Å²) in [7, 11) is 0. The van der Waals surface area contributed by atoms with Crippen LogP contribution < -0.4 is 0 Å². The van der Waals surface area contributed by atoms with E-state index in [1.165, 1.54) is 0 Å². The van der Waals surface area contributed by atoms with E-state index in [4.69, 9.17) is 0 Å². The van der Waals surface area contributed by atoms with E-state index in [1.54, 1.807) is 8.87 Å². The predicted octanol–water partition coefficient (Wildman–Crippen LogP) is 0.417. The SMILES string of the molecule is Cc1[se][se]c1C. The Bertz CT molecular complexity index is 111. The molecular weight excluding hydrogens is 206 g/mol. The van der Waals surface area contributed by atoms with Crippen molar-refractivity contribution in [3.05, 3.63) is 8.87 Å². The Hall–Kier alpha value is 0.779. The first-order chi connectivity index (χ1) is 2.80. The van der Waals surface area contributed by atoms with Crippen molar-refractivity contribution in [3.63, 3.8) is 0 Å². The van der Waals surface area contributed by atoms with E-state index in [2.05, 4.69) is 13.8 Å². The van der Waals surface area contributed by atoms with Crippen molar-refractivity contribution in [1.82, 2.24) is 0 Å². The average molecular weight is 212 g/mol. The topological polar surface area (TPSA) is 0 Å². The Morgan fingerprint density at radius 2 is 1.33 bits per heavy atom. The first-order valence-electron chi connectivity index (χ1n) is 1.82. The van der Waals surface area contributed by atoms with Crippen LogP contribution in [0.5, 0.6) is 0 Å². The Balaban J connectivity index is 2.87. The zero-order valence-corrected chi connectivity index (χ0v) is 7.24. The fourth-order valence-corrected chi connectivity index (χ4v) is 5.62. The molecule has 0 saturated carbocycles. The van der Waals surface area contributed by atoms with Crippen LogP contribution in [0.4, 0.5) is 0 Å². The molecule has 0 atom stereocenters. The number of aryl methyl sites for hydroxylation is 2. The van der Waals surface area contributed by atoms with Crippen molar-refractivity contribution >= 4 is 25.3 Å². The van der Waals surface area contributed by atoms with Crippen molar-refractivity contribution in [2.24, 2.45) is 0 Å². The molecule has 0 bridgehead atoms. The number of hydrogen-bond donors (Lipinski definition) is 0. The Labute approximate surface area is 48.2 Å². The van der Waals surface area contributed by atoms with Gasteiger partial charge in [-0.25, -0.2) is 0 Å². The van der Waals surface area contributed by atoms with Crippen LogP contribution in [0, 0.1) is 13.8 Å². The van der Waals surface area contributed by atoms with Gasteiger partial charge in [0.15, 0.2) is 0 Å². The van der Waals surface area contributed by atoms with Crippen LogP contribution in [0.25, 0.3) is 0 Å². The maximum atomic E-state index is 2.25. The molecule has 0 saturated heterocycles. The molecule has 1 aromatic rings. The maximum absolute atomic E-state index is 2.25. The molecule has 0 N–H and O–H groups in total. The average Bonchev–Trinajstić information content (AvgIpc) is 1.61. The van der Waals surface area contributed by atoms with Gasteiger partial charge in [-0.3, -0.25) is 0 Å². The molecule has 1 aromatic heterocycles. The zero-order valence-electron chi connectivity index (χ0n) is 3.82. The zero-order chi connectivity index (χ0) is 4.57. The van der Waals surface area contributed by atoms with Crippen molar-refractivity contribution < 1.29 is 0 Å². The molecule has 0 unspecified atom stereocenters. The monoisotopic (exact) mass is 214 g/mol. The van der Waals surface area contributed by atoms with Gasteiger partial charge >= 0.3 is 48.0 Å². The third-order valence-corrected chi connectivity index (χ3v) is 10.3. The normalized spacial score (nSPS) is 9.67. The summed E-state index contributed by atoms with van der Waals surface area (Å²) in [6.07, 6.45) is 0. The first-order valence-corrected chi connectivity index (χ1v) is 7.87. The summed E-state index contributed by atoms with van der Waals surface area (Å²) < 4.78 is 3.39. The standard InChI is InChI=1S/C4H6Se2/c1-3-4(2)6-5-3/h1-2H3. The fraction of sp³-hybridized carbons (Fsp3) is 0.500. The fourth-order valence-electron chi connectivity index (χ4n) is 0.208. The van der Waals surface area contributed by atoms with E-state index in [0.717, 1.165) is 25.3 Å². The molecule has 0 amide bonds. The van der Waals surface area contributed by atoms with Gasteiger partial charge in [-0.05, 0) is 0 Å². The van der Waals surface area contributed by atoms with Gasteiger partial charge in [0.05, 0.1) is 0 Å². The molecule has 1 rings (SSSR count). The van der Waals surface area contributed by atoms with Gasteiger partial charge in [-0.15, -0.1) is 0 Å². The van der Waals surface area contributed by atoms with Gasteiger partial charge < -0.3 is 0 Å². The molecule has 2 heteroatoms. The minimum atomic E-state index is 0.969. The Kier molecular flexibility index (Phi) is 1.41. The molecule has 34 valence electrons. The molecule has 0 spiro atoms. The first kappa shape index (κ1) is 4.93. The molecule has 0 fully saturated rings. The Morgan fingerprint density at radius 3 is 1.33 bits per heavy atom. The second kappa shape index (κ2) is 1.71. The van der Waals surface area contributed by atoms with Gasteiger partial charge in [0.25, 0.3) is 0 Å². The van der Waals surface area contributed by atoms with E-state index in [-0.39, 0.29) is 0 Å². The number of hydrogen-bond acceptors (Lipinski definition) is 0. The van der Waals surface area contributed by atoms with Crippen LogP contribution in [0.1, 0.15) is 8.87 Å². The molecule has 0 aromatic carbocycles. The summed E-state index contributed by atoms with van der Waals surface area (Å²) in [5.74, 6) is 0. The summed E-state index contributed by atoms with van der Waals surface area (Å²) in [6, 6.07) is 0. The molecular formula is C4H6Se2. The minimum absolute atomic E-state index is 0.969. The van der Waals surface area contributed by atoms with E-state index in [9.17, 15) is 0 Å². The molecule has 0 aliphatic rings.